The van der Waals surface area contributed by atoms with Gasteiger partial charge in [-0.2, -0.15) is 0 Å². The van der Waals surface area contributed by atoms with Gasteiger partial charge in [-0.1, -0.05) is 11.6 Å². The number of anilines is 2. The predicted molar refractivity (Wildman–Crippen MR) is 125 cm³/mol. The van der Waals surface area contributed by atoms with Gasteiger partial charge in [0, 0.05) is 49.6 Å². The topological polar surface area (TPSA) is 53.3 Å². The van der Waals surface area contributed by atoms with E-state index in [0.29, 0.717) is 55.3 Å². The van der Waals surface area contributed by atoms with Gasteiger partial charge in [0.25, 0.3) is 12.3 Å². The molecule has 5 heterocycles. The normalized spacial score (nSPS) is 23.4. The van der Waals surface area contributed by atoms with Gasteiger partial charge in [0.1, 0.15) is 11.5 Å². The van der Waals surface area contributed by atoms with Gasteiger partial charge >= 0.3 is 0 Å². The van der Waals surface area contributed by atoms with Crippen molar-refractivity contribution in [3.8, 4) is 5.69 Å². The summed E-state index contributed by atoms with van der Waals surface area (Å²) in [5.41, 5.74) is 0.745. The van der Waals surface area contributed by atoms with Crippen molar-refractivity contribution in [3.05, 3.63) is 58.3 Å². The second kappa shape index (κ2) is 7.76. The fourth-order valence-corrected chi connectivity index (χ4v) is 6.03. The molecule has 0 bridgehead atoms. The summed E-state index contributed by atoms with van der Waals surface area (Å²) in [6.07, 6.45) is -3.14. The highest BCUT2D eigenvalue weighted by Gasteiger charge is 2.60. The summed E-state index contributed by atoms with van der Waals surface area (Å²) in [4.78, 5) is 9.49. The van der Waals surface area contributed by atoms with Gasteiger partial charge in [0.15, 0.2) is 11.6 Å². The van der Waals surface area contributed by atoms with Crippen molar-refractivity contribution >= 4 is 23.4 Å². The molecule has 1 spiro atoms. The van der Waals surface area contributed by atoms with Crippen LogP contribution in [0.2, 0.25) is 5.02 Å². The second-order valence-electron chi connectivity index (χ2n) is 10.5. The van der Waals surface area contributed by atoms with Gasteiger partial charge in [-0.05, 0) is 35.9 Å². The SMILES string of the molecule is Fc1ccc(N2CC3(C2)CN(c2nnc4n2-c2ccc(Cl)cc2CN(C2CC2(F)F)C4)C3)nc1C(F)F. The van der Waals surface area contributed by atoms with Gasteiger partial charge in [0.2, 0.25) is 5.95 Å². The van der Waals surface area contributed by atoms with Crippen LogP contribution in [0.3, 0.4) is 0 Å². The van der Waals surface area contributed by atoms with Crippen LogP contribution >= 0.6 is 11.6 Å². The van der Waals surface area contributed by atoms with E-state index in [4.69, 9.17) is 11.6 Å². The molecular weight excluding hydrogens is 517 g/mol. The van der Waals surface area contributed by atoms with Crippen LogP contribution in [-0.2, 0) is 13.1 Å². The zero-order chi connectivity index (χ0) is 25.7. The molecule has 7 rings (SSSR count). The maximum atomic E-state index is 13.9. The highest BCUT2D eigenvalue weighted by molar-refractivity contribution is 6.30. The highest BCUT2D eigenvalue weighted by atomic mass is 35.5. The first-order valence-corrected chi connectivity index (χ1v) is 12.3. The first kappa shape index (κ1) is 23.2. The number of halogens is 6. The molecule has 13 heteroatoms. The van der Waals surface area contributed by atoms with E-state index in [1.807, 2.05) is 15.5 Å². The largest absolute Gasteiger partial charge is 0.355 e. The summed E-state index contributed by atoms with van der Waals surface area (Å²) in [6, 6.07) is 7.04. The summed E-state index contributed by atoms with van der Waals surface area (Å²) >= 11 is 6.24. The summed E-state index contributed by atoms with van der Waals surface area (Å²) in [6.45, 7) is 3.11. The van der Waals surface area contributed by atoms with Crippen LogP contribution in [0, 0.1) is 11.2 Å². The predicted octanol–water partition coefficient (Wildman–Crippen LogP) is 4.44. The van der Waals surface area contributed by atoms with Crippen LogP contribution in [0.1, 0.15) is 29.9 Å². The van der Waals surface area contributed by atoms with E-state index in [9.17, 15) is 22.0 Å². The molecule has 0 amide bonds. The van der Waals surface area contributed by atoms with E-state index in [1.165, 1.54) is 6.07 Å². The van der Waals surface area contributed by atoms with Crippen molar-refractivity contribution in [3.63, 3.8) is 0 Å². The van der Waals surface area contributed by atoms with E-state index in [0.717, 1.165) is 17.3 Å². The minimum absolute atomic E-state index is 0.0664. The quantitative estimate of drug-likeness (QED) is 0.459. The first-order valence-electron chi connectivity index (χ1n) is 11.9. The molecule has 1 unspecified atom stereocenters. The molecule has 3 aliphatic heterocycles. The van der Waals surface area contributed by atoms with Crippen molar-refractivity contribution in [1.29, 1.82) is 0 Å². The number of rotatable bonds is 4. The van der Waals surface area contributed by atoms with E-state index < -0.39 is 29.9 Å². The summed E-state index contributed by atoms with van der Waals surface area (Å²) < 4.78 is 69.5. The Labute approximate surface area is 213 Å². The first-order chi connectivity index (χ1) is 17.6. The summed E-state index contributed by atoms with van der Waals surface area (Å²) in [7, 11) is 0. The third-order valence-electron chi connectivity index (χ3n) is 7.72. The molecule has 2 saturated heterocycles. The smallest absolute Gasteiger partial charge is 0.283 e. The van der Waals surface area contributed by atoms with Crippen molar-refractivity contribution in [2.45, 2.75) is 37.9 Å². The number of pyridine rings is 1. The Bertz CT molecular complexity index is 1400. The van der Waals surface area contributed by atoms with Crippen LogP contribution in [0.5, 0.6) is 0 Å². The maximum Gasteiger partial charge on any atom is 0.283 e. The fourth-order valence-electron chi connectivity index (χ4n) is 5.84. The molecule has 4 aliphatic rings. The molecular formula is C24H21ClF5N7. The van der Waals surface area contributed by atoms with Gasteiger partial charge in [0.05, 0.1) is 18.3 Å². The van der Waals surface area contributed by atoms with Crippen LogP contribution in [0.4, 0.5) is 33.7 Å². The number of aromatic nitrogens is 4. The Hall–Kier alpha value is -2.99. The lowest BCUT2D eigenvalue weighted by atomic mass is 9.73. The lowest BCUT2D eigenvalue weighted by Gasteiger charge is -2.60. The van der Waals surface area contributed by atoms with E-state index in [1.54, 1.807) is 17.0 Å². The minimum atomic E-state index is -2.97. The molecule has 3 aromatic rings. The number of hydrogen-bond acceptors (Lipinski definition) is 6. The molecule has 7 nitrogen and oxygen atoms in total. The molecule has 0 radical (unpaired) electrons. The maximum absolute atomic E-state index is 13.9. The summed E-state index contributed by atoms with van der Waals surface area (Å²) in [5, 5.41) is 9.31. The van der Waals surface area contributed by atoms with E-state index in [2.05, 4.69) is 20.1 Å². The monoisotopic (exact) mass is 537 g/mol. The number of fused-ring (bicyclic) bond motifs is 3. The van der Waals surface area contributed by atoms with E-state index >= 15 is 0 Å². The number of hydrogen-bond donors (Lipinski definition) is 0. The van der Waals surface area contributed by atoms with Gasteiger partial charge in [-0.25, -0.2) is 26.9 Å². The van der Waals surface area contributed by atoms with Crippen LogP contribution < -0.4 is 9.80 Å². The standard InChI is InChI=1S/C24H21ClF5N7/c25-14-1-3-16-13(5-14)7-34(17-6-24(17,29)30)8-19-32-33-22(37(16)19)36-11-23(12-36)9-35(10-23)18-4-2-15(26)20(31-18)21(27)28/h1-5,17,21H,6-12H2. The Kier molecular flexibility index (Phi) is 4.86. The molecule has 1 aliphatic carbocycles. The molecule has 1 aromatic carbocycles. The average Bonchev–Trinajstić information content (AvgIpc) is 3.30. The van der Waals surface area contributed by atoms with Crippen LogP contribution in [0.15, 0.2) is 30.3 Å². The number of benzene rings is 1. The Morgan fingerprint density at radius 1 is 0.973 bits per heavy atom. The average molecular weight is 538 g/mol. The zero-order valence-electron chi connectivity index (χ0n) is 19.4. The molecule has 2 aromatic heterocycles. The van der Waals surface area contributed by atoms with Crippen molar-refractivity contribution in [2.24, 2.45) is 5.41 Å². The van der Waals surface area contributed by atoms with Crippen LogP contribution in [-0.4, -0.2) is 62.8 Å². The molecule has 1 atom stereocenters. The molecule has 3 fully saturated rings. The van der Waals surface area contributed by atoms with Gasteiger partial charge < -0.3 is 9.80 Å². The molecule has 194 valence electrons. The highest BCUT2D eigenvalue weighted by Crippen LogP contribution is 2.48. The molecule has 0 N–H and O–H groups in total. The lowest BCUT2D eigenvalue weighted by Crippen LogP contribution is -2.73. The molecule has 1 saturated carbocycles. The Balaban J connectivity index is 1.11. The van der Waals surface area contributed by atoms with Crippen molar-refractivity contribution < 1.29 is 22.0 Å². The third kappa shape index (κ3) is 3.67. The Morgan fingerprint density at radius 3 is 2.41 bits per heavy atom. The minimum Gasteiger partial charge on any atom is -0.355 e. The molecule has 37 heavy (non-hydrogen) atoms. The number of alkyl halides is 4. The van der Waals surface area contributed by atoms with E-state index in [-0.39, 0.29) is 18.4 Å². The van der Waals surface area contributed by atoms with Gasteiger partial charge in [-0.15, -0.1) is 10.2 Å². The fraction of sp³-hybridized carbons (Fsp3) is 0.458. The summed E-state index contributed by atoms with van der Waals surface area (Å²) in [5.74, 6) is -2.16. The van der Waals surface area contributed by atoms with Crippen molar-refractivity contribution in [1.82, 2.24) is 24.6 Å². The Morgan fingerprint density at radius 2 is 1.70 bits per heavy atom. The van der Waals surface area contributed by atoms with Crippen molar-refractivity contribution in [2.75, 3.05) is 36.0 Å². The van der Waals surface area contributed by atoms with Crippen LogP contribution in [0.25, 0.3) is 5.69 Å². The van der Waals surface area contributed by atoms with Gasteiger partial charge in [-0.3, -0.25) is 9.47 Å². The zero-order valence-corrected chi connectivity index (χ0v) is 20.1. The number of nitrogens with zero attached hydrogens (tertiary/aromatic N) is 7. The second-order valence-corrected chi connectivity index (χ2v) is 10.9. The lowest BCUT2D eigenvalue weighted by molar-refractivity contribution is 0.0663. The third-order valence-corrected chi connectivity index (χ3v) is 7.96.